The number of nitrogens with zero attached hydrogens (tertiary/aromatic N) is 3. The Balaban J connectivity index is 2.49. The third-order valence-electron chi connectivity index (χ3n) is 4.70. The molecule has 0 spiro atoms. The highest BCUT2D eigenvalue weighted by Gasteiger charge is 2.33. The van der Waals surface area contributed by atoms with Crippen molar-refractivity contribution < 1.29 is 18.0 Å². The number of hydrogen-bond acceptors (Lipinski definition) is 4. The maximum absolute atomic E-state index is 13.5. The third-order valence-corrected chi connectivity index (χ3v) is 4.91. The molecule has 0 heterocycles. The number of carbonyl (C=O) groups is 1. The summed E-state index contributed by atoms with van der Waals surface area (Å²) < 4.78 is 40.0. The van der Waals surface area contributed by atoms with Crippen LogP contribution < -0.4 is 11.1 Å². The second kappa shape index (κ2) is 12.5. The van der Waals surface area contributed by atoms with Crippen molar-refractivity contribution in [2.75, 3.05) is 0 Å². The van der Waals surface area contributed by atoms with Crippen molar-refractivity contribution in [3.05, 3.63) is 94.9 Å². The minimum absolute atomic E-state index is 0.0407. The first kappa shape index (κ1) is 27.3. The molecule has 4 N–H and O–H groups in total. The van der Waals surface area contributed by atoms with Gasteiger partial charge in [0.1, 0.15) is 18.0 Å². The Labute approximate surface area is 206 Å². The summed E-state index contributed by atoms with van der Waals surface area (Å²) in [5.74, 6) is -0.444. The minimum Gasteiger partial charge on any atom is -0.405 e. The van der Waals surface area contributed by atoms with Gasteiger partial charge in [-0.15, -0.1) is 0 Å². The molecule has 1 amide bonds. The molecule has 1 atom stereocenters. The SMILES string of the molecule is C=C(/N=C\C=C/N)N/C(=N\C=N)C(C)N(Cc1ccccc1)C(=O)c1cc(Cl)cc(C(F)(F)F)c1. The Kier molecular flexibility index (Phi) is 9.77. The summed E-state index contributed by atoms with van der Waals surface area (Å²) in [6.07, 6.45) is 0.193. The van der Waals surface area contributed by atoms with Crippen LogP contribution >= 0.6 is 11.6 Å². The van der Waals surface area contributed by atoms with E-state index in [9.17, 15) is 18.0 Å². The summed E-state index contributed by atoms with van der Waals surface area (Å²) >= 11 is 5.91. The minimum atomic E-state index is -4.68. The molecule has 0 saturated carbocycles. The number of alkyl halides is 3. The lowest BCUT2D eigenvalue weighted by molar-refractivity contribution is -0.137. The van der Waals surface area contributed by atoms with Crippen LogP contribution in [0.25, 0.3) is 0 Å². The Morgan fingerprint density at radius 1 is 1.29 bits per heavy atom. The number of nitrogens with two attached hydrogens (primary N) is 1. The largest absolute Gasteiger partial charge is 0.416 e. The molecule has 35 heavy (non-hydrogen) atoms. The molecule has 0 radical (unpaired) electrons. The van der Waals surface area contributed by atoms with Gasteiger partial charge in [0.05, 0.1) is 11.6 Å². The molecule has 0 aliphatic carbocycles. The molecule has 0 aliphatic heterocycles. The molecule has 0 saturated heterocycles. The smallest absolute Gasteiger partial charge is 0.405 e. The lowest BCUT2D eigenvalue weighted by Crippen LogP contribution is -2.47. The molecular weight excluding hydrogens is 481 g/mol. The van der Waals surface area contributed by atoms with Crippen molar-refractivity contribution in [1.82, 2.24) is 10.2 Å². The predicted octanol–water partition coefficient (Wildman–Crippen LogP) is 5.00. The zero-order chi connectivity index (χ0) is 26.0. The van der Waals surface area contributed by atoms with Gasteiger partial charge in [0.15, 0.2) is 0 Å². The van der Waals surface area contributed by atoms with E-state index < -0.39 is 23.7 Å². The standard InChI is InChI=1S/C24H24ClF3N6O/c1-16(22(32-15-30)33-17(2)31-10-6-9-29)34(14-18-7-4-3-5-8-18)23(35)19-11-20(24(26,27)28)13-21(25)12-19/h3-13,15-16H,2,14,29H2,1H3,(H2,30,32,33)/b9-6-,31-10-. The van der Waals surface area contributed by atoms with Crippen LogP contribution in [0.4, 0.5) is 13.2 Å². The number of rotatable bonds is 9. The maximum atomic E-state index is 13.5. The van der Waals surface area contributed by atoms with Gasteiger partial charge in [0.25, 0.3) is 5.91 Å². The van der Waals surface area contributed by atoms with Crippen LogP contribution in [0.1, 0.15) is 28.4 Å². The average molecular weight is 505 g/mol. The van der Waals surface area contributed by atoms with E-state index in [-0.39, 0.29) is 28.8 Å². The van der Waals surface area contributed by atoms with Crippen molar-refractivity contribution in [2.45, 2.75) is 25.7 Å². The highest BCUT2D eigenvalue weighted by molar-refractivity contribution is 6.31. The Hall–Kier alpha value is -3.92. The maximum Gasteiger partial charge on any atom is 0.416 e. The van der Waals surface area contributed by atoms with Crippen LogP contribution in [0.5, 0.6) is 0 Å². The molecule has 1 unspecified atom stereocenters. The second-order valence-electron chi connectivity index (χ2n) is 7.20. The molecular formula is C24H24ClF3N6O. The van der Waals surface area contributed by atoms with Crippen LogP contribution in [0.3, 0.4) is 0 Å². The van der Waals surface area contributed by atoms with Gasteiger partial charge in [-0.05, 0) is 43.0 Å². The zero-order valence-corrected chi connectivity index (χ0v) is 19.5. The molecule has 2 aromatic carbocycles. The number of allylic oxidation sites excluding steroid dienone is 1. The van der Waals surface area contributed by atoms with Crippen molar-refractivity contribution in [3.8, 4) is 0 Å². The van der Waals surface area contributed by atoms with Crippen LogP contribution in [0.2, 0.25) is 5.02 Å². The lowest BCUT2D eigenvalue weighted by Gasteiger charge is -2.31. The van der Waals surface area contributed by atoms with Crippen molar-refractivity contribution in [2.24, 2.45) is 15.7 Å². The lowest BCUT2D eigenvalue weighted by atomic mass is 10.1. The molecule has 2 rings (SSSR count). The van der Waals surface area contributed by atoms with Gasteiger partial charge in [-0.1, -0.05) is 48.5 Å². The molecule has 0 aromatic heterocycles. The van der Waals surface area contributed by atoms with Gasteiger partial charge in [0, 0.05) is 23.3 Å². The van der Waals surface area contributed by atoms with E-state index in [1.807, 2.05) is 0 Å². The monoisotopic (exact) mass is 504 g/mol. The topological polar surface area (TPSA) is 107 Å². The van der Waals surface area contributed by atoms with E-state index >= 15 is 0 Å². The predicted molar refractivity (Wildman–Crippen MR) is 133 cm³/mol. The van der Waals surface area contributed by atoms with Gasteiger partial charge < -0.3 is 16.0 Å². The van der Waals surface area contributed by atoms with Crippen LogP contribution in [0, 0.1) is 5.41 Å². The summed E-state index contributed by atoms with van der Waals surface area (Å²) in [7, 11) is 0. The van der Waals surface area contributed by atoms with Gasteiger partial charge in [-0.3, -0.25) is 10.2 Å². The summed E-state index contributed by atoms with van der Waals surface area (Å²) in [6.45, 7) is 5.40. The number of nitrogens with one attached hydrogen (secondary N) is 2. The fourth-order valence-corrected chi connectivity index (χ4v) is 3.27. The first-order valence-electron chi connectivity index (χ1n) is 10.2. The molecule has 0 aliphatic rings. The van der Waals surface area contributed by atoms with Crippen molar-refractivity contribution in [3.63, 3.8) is 0 Å². The first-order chi connectivity index (χ1) is 16.6. The number of aliphatic imine (C=N–C) groups is 2. The van der Waals surface area contributed by atoms with E-state index in [1.165, 1.54) is 29.5 Å². The number of halogens is 4. The number of amidine groups is 1. The fourth-order valence-electron chi connectivity index (χ4n) is 3.03. The third kappa shape index (κ3) is 8.11. The van der Waals surface area contributed by atoms with Crippen molar-refractivity contribution in [1.29, 1.82) is 5.41 Å². The summed E-state index contributed by atoms with van der Waals surface area (Å²) in [5.41, 5.74) is 4.71. The highest BCUT2D eigenvalue weighted by Crippen LogP contribution is 2.32. The van der Waals surface area contributed by atoms with Crippen LogP contribution in [0.15, 0.2) is 83.2 Å². The first-order valence-corrected chi connectivity index (χ1v) is 10.6. The van der Waals surface area contributed by atoms with Gasteiger partial charge in [-0.2, -0.15) is 13.2 Å². The molecule has 0 bridgehead atoms. The Bertz CT molecular complexity index is 1150. The summed E-state index contributed by atoms with van der Waals surface area (Å²) in [5, 5.41) is 10.0. The Morgan fingerprint density at radius 2 is 1.97 bits per heavy atom. The molecule has 11 heteroatoms. The highest BCUT2D eigenvalue weighted by atomic mass is 35.5. The zero-order valence-electron chi connectivity index (χ0n) is 18.8. The fraction of sp³-hybridized carbons (Fsp3) is 0.167. The van der Waals surface area contributed by atoms with Crippen molar-refractivity contribution >= 4 is 35.9 Å². The van der Waals surface area contributed by atoms with Crippen LogP contribution in [-0.2, 0) is 12.7 Å². The number of benzene rings is 2. The molecule has 0 fully saturated rings. The van der Waals surface area contributed by atoms with Crippen LogP contribution in [-0.4, -0.2) is 35.2 Å². The summed E-state index contributed by atoms with van der Waals surface area (Å²) in [4.78, 5) is 22.8. The normalized spacial score (nSPS) is 13.1. The summed E-state index contributed by atoms with van der Waals surface area (Å²) in [6, 6.07) is 10.7. The second-order valence-corrected chi connectivity index (χ2v) is 7.64. The van der Waals surface area contributed by atoms with Gasteiger partial charge in [0.2, 0.25) is 0 Å². The molecule has 184 valence electrons. The molecule has 2 aromatic rings. The van der Waals surface area contributed by atoms with Gasteiger partial charge in [-0.25, -0.2) is 9.98 Å². The van der Waals surface area contributed by atoms with E-state index in [4.69, 9.17) is 22.7 Å². The van der Waals surface area contributed by atoms with E-state index in [0.717, 1.165) is 24.0 Å². The van der Waals surface area contributed by atoms with E-state index in [1.54, 1.807) is 37.3 Å². The van der Waals surface area contributed by atoms with Gasteiger partial charge >= 0.3 is 6.18 Å². The quantitative estimate of drug-likeness (QED) is 0.330. The Morgan fingerprint density at radius 3 is 2.57 bits per heavy atom. The van der Waals surface area contributed by atoms with E-state index in [2.05, 4.69) is 21.9 Å². The number of hydrogen-bond donors (Lipinski definition) is 3. The number of carbonyl (C=O) groups excluding carboxylic acids is 1. The molecule has 7 nitrogen and oxygen atoms in total. The average Bonchev–Trinajstić information content (AvgIpc) is 2.81. The van der Waals surface area contributed by atoms with E-state index in [0.29, 0.717) is 0 Å². The number of amides is 1.